The Morgan fingerprint density at radius 2 is 1.94 bits per heavy atom. The number of nitrogens with zero attached hydrogens (tertiary/aromatic N) is 1. The molecule has 0 amide bonds. The molecule has 1 fully saturated rings. The SMILES string of the molecule is COCCOCCN(C)C1CCC(=O)CC1. The molecule has 0 N–H and O–H groups in total. The molecule has 1 aliphatic carbocycles. The summed E-state index contributed by atoms with van der Waals surface area (Å²) in [5.41, 5.74) is 0. The predicted octanol–water partition coefficient (Wildman–Crippen LogP) is 1.09. The maximum atomic E-state index is 11.1. The first kappa shape index (κ1) is 13.6. The van der Waals surface area contributed by atoms with Crippen LogP contribution in [0.15, 0.2) is 0 Å². The number of ketones is 1. The Morgan fingerprint density at radius 3 is 2.56 bits per heavy atom. The Labute approximate surface area is 97.9 Å². The molecule has 1 rings (SSSR count). The van der Waals surface area contributed by atoms with Gasteiger partial charge in [-0.05, 0) is 19.9 Å². The molecule has 0 heterocycles. The Bertz CT molecular complexity index is 198. The molecule has 4 nitrogen and oxygen atoms in total. The van der Waals surface area contributed by atoms with Gasteiger partial charge in [0.25, 0.3) is 0 Å². The van der Waals surface area contributed by atoms with Gasteiger partial charge in [-0.25, -0.2) is 0 Å². The van der Waals surface area contributed by atoms with Gasteiger partial charge in [0, 0.05) is 32.5 Å². The molecule has 0 aromatic heterocycles. The van der Waals surface area contributed by atoms with E-state index in [1.807, 2.05) is 0 Å². The van der Waals surface area contributed by atoms with Crippen LogP contribution in [-0.4, -0.2) is 57.2 Å². The van der Waals surface area contributed by atoms with E-state index in [0.717, 1.165) is 38.8 Å². The van der Waals surface area contributed by atoms with Crippen LogP contribution in [-0.2, 0) is 14.3 Å². The van der Waals surface area contributed by atoms with Crippen molar-refractivity contribution in [3.63, 3.8) is 0 Å². The van der Waals surface area contributed by atoms with E-state index in [4.69, 9.17) is 9.47 Å². The van der Waals surface area contributed by atoms with Crippen molar-refractivity contribution in [3.05, 3.63) is 0 Å². The van der Waals surface area contributed by atoms with E-state index < -0.39 is 0 Å². The van der Waals surface area contributed by atoms with Crippen molar-refractivity contribution in [1.29, 1.82) is 0 Å². The number of carbonyl (C=O) groups excluding carboxylic acids is 1. The molecule has 0 aromatic carbocycles. The van der Waals surface area contributed by atoms with Gasteiger partial charge in [0.2, 0.25) is 0 Å². The first-order chi connectivity index (χ1) is 7.74. The standard InChI is InChI=1S/C12H23NO3/c1-13(7-8-16-10-9-15-2)11-3-5-12(14)6-4-11/h11H,3-10H2,1-2H3. The molecule has 1 aliphatic rings. The third kappa shape index (κ3) is 5.05. The quantitative estimate of drug-likeness (QED) is 0.613. The molecule has 0 spiro atoms. The van der Waals surface area contributed by atoms with Crippen LogP contribution in [0.5, 0.6) is 0 Å². The van der Waals surface area contributed by atoms with Gasteiger partial charge in [-0.3, -0.25) is 4.79 Å². The molecule has 16 heavy (non-hydrogen) atoms. The Hall–Kier alpha value is -0.450. The van der Waals surface area contributed by atoms with Crippen LogP contribution in [0.3, 0.4) is 0 Å². The van der Waals surface area contributed by atoms with E-state index >= 15 is 0 Å². The van der Waals surface area contributed by atoms with E-state index in [1.54, 1.807) is 7.11 Å². The molecule has 0 aliphatic heterocycles. The number of rotatable bonds is 7. The largest absolute Gasteiger partial charge is 0.382 e. The van der Waals surface area contributed by atoms with Crippen LogP contribution in [0.25, 0.3) is 0 Å². The third-order valence-electron chi connectivity index (χ3n) is 3.16. The average Bonchev–Trinajstić information content (AvgIpc) is 2.29. The van der Waals surface area contributed by atoms with Crippen molar-refractivity contribution in [2.75, 3.05) is 40.5 Å². The van der Waals surface area contributed by atoms with Crippen LogP contribution in [0.1, 0.15) is 25.7 Å². The van der Waals surface area contributed by atoms with Crippen molar-refractivity contribution < 1.29 is 14.3 Å². The van der Waals surface area contributed by atoms with E-state index in [2.05, 4.69) is 11.9 Å². The molecule has 4 heteroatoms. The monoisotopic (exact) mass is 229 g/mol. The number of hydrogen-bond donors (Lipinski definition) is 0. The van der Waals surface area contributed by atoms with Gasteiger partial charge >= 0.3 is 0 Å². The number of ether oxygens (including phenoxy) is 2. The summed E-state index contributed by atoms with van der Waals surface area (Å²) in [5.74, 6) is 0.418. The van der Waals surface area contributed by atoms with Gasteiger partial charge < -0.3 is 14.4 Å². The summed E-state index contributed by atoms with van der Waals surface area (Å²) in [6.07, 6.45) is 3.51. The number of methoxy groups -OCH3 is 1. The van der Waals surface area contributed by atoms with Gasteiger partial charge in [-0.1, -0.05) is 0 Å². The zero-order valence-corrected chi connectivity index (χ0v) is 10.4. The van der Waals surface area contributed by atoms with Gasteiger partial charge in [-0.15, -0.1) is 0 Å². The molecule has 0 bridgehead atoms. The van der Waals surface area contributed by atoms with Crippen molar-refractivity contribution in [2.45, 2.75) is 31.7 Å². The van der Waals surface area contributed by atoms with Crippen LogP contribution >= 0.6 is 0 Å². The molecule has 0 aromatic rings. The van der Waals surface area contributed by atoms with E-state index in [9.17, 15) is 4.79 Å². The van der Waals surface area contributed by atoms with Crippen LogP contribution < -0.4 is 0 Å². The second-order valence-electron chi connectivity index (χ2n) is 4.36. The molecule has 0 radical (unpaired) electrons. The molecular weight excluding hydrogens is 206 g/mol. The van der Waals surface area contributed by atoms with E-state index in [0.29, 0.717) is 25.0 Å². The summed E-state index contributed by atoms with van der Waals surface area (Å²) in [6.45, 7) is 2.99. The number of hydrogen-bond acceptors (Lipinski definition) is 4. The van der Waals surface area contributed by atoms with Crippen LogP contribution in [0.2, 0.25) is 0 Å². The average molecular weight is 229 g/mol. The van der Waals surface area contributed by atoms with Crippen molar-refractivity contribution in [3.8, 4) is 0 Å². The van der Waals surface area contributed by atoms with Crippen LogP contribution in [0, 0.1) is 0 Å². The molecule has 0 atom stereocenters. The lowest BCUT2D eigenvalue weighted by molar-refractivity contribution is -0.121. The topological polar surface area (TPSA) is 38.8 Å². The summed E-state index contributed by atoms with van der Waals surface area (Å²) in [5, 5.41) is 0. The molecule has 0 saturated heterocycles. The highest BCUT2D eigenvalue weighted by Crippen LogP contribution is 2.18. The zero-order valence-electron chi connectivity index (χ0n) is 10.4. The van der Waals surface area contributed by atoms with Crippen molar-refractivity contribution in [2.24, 2.45) is 0 Å². The Morgan fingerprint density at radius 1 is 1.25 bits per heavy atom. The van der Waals surface area contributed by atoms with E-state index in [-0.39, 0.29) is 0 Å². The Kier molecular flexibility index (Phi) is 6.61. The fourth-order valence-corrected chi connectivity index (χ4v) is 2.00. The smallest absolute Gasteiger partial charge is 0.133 e. The third-order valence-corrected chi connectivity index (χ3v) is 3.16. The summed E-state index contributed by atoms with van der Waals surface area (Å²) < 4.78 is 10.3. The highest BCUT2D eigenvalue weighted by molar-refractivity contribution is 5.79. The summed E-state index contributed by atoms with van der Waals surface area (Å²) in [4.78, 5) is 13.4. The summed E-state index contributed by atoms with van der Waals surface area (Å²) in [7, 11) is 3.79. The minimum atomic E-state index is 0.418. The highest BCUT2D eigenvalue weighted by Gasteiger charge is 2.21. The molecule has 0 unspecified atom stereocenters. The molecule has 94 valence electrons. The van der Waals surface area contributed by atoms with Crippen molar-refractivity contribution in [1.82, 2.24) is 4.90 Å². The minimum absolute atomic E-state index is 0.418. The zero-order chi connectivity index (χ0) is 11.8. The second kappa shape index (κ2) is 7.76. The van der Waals surface area contributed by atoms with Gasteiger partial charge in [0.1, 0.15) is 5.78 Å². The maximum absolute atomic E-state index is 11.1. The summed E-state index contributed by atoms with van der Waals surface area (Å²) in [6, 6.07) is 0.559. The predicted molar refractivity (Wildman–Crippen MR) is 62.6 cm³/mol. The maximum Gasteiger partial charge on any atom is 0.133 e. The summed E-state index contributed by atoms with van der Waals surface area (Å²) >= 11 is 0. The molecular formula is C12H23NO3. The van der Waals surface area contributed by atoms with Gasteiger partial charge in [0.15, 0.2) is 0 Å². The first-order valence-electron chi connectivity index (χ1n) is 6.02. The van der Waals surface area contributed by atoms with Gasteiger partial charge in [0.05, 0.1) is 19.8 Å². The second-order valence-corrected chi connectivity index (χ2v) is 4.36. The van der Waals surface area contributed by atoms with Gasteiger partial charge in [-0.2, -0.15) is 0 Å². The normalized spacial score (nSPS) is 18.3. The fourth-order valence-electron chi connectivity index (χ4n) is 2.00. The number of Topliss-reactive ketones (excluding diaryl/α,β-unsaturated/α-hetero) is 1. The van der Waals surface area contributed by atoms with E-state index in [1.165, 1.54) is 0 Å². The number of carbonyl (C=O) groups is 1. The van der Waals surface area contributed by atoms with Crippen molar-refractivity contribution >= 4 is 5.78 Å². The first-order valence-corrected chi connectivity index (χ1v) is 6.02. The number of likely N-dealkylation sites (N-methyl/N-ethyl adjacent to an activating group) is 1. The lowest BCUT2D eigenvalue weighted by Gasteiger charge is -2.30. The molecule has 1 saturated carbocycles. The minimum Gasteiger partial charge on any atom is -0.382 e. The fraction of sp³-hybridized carbons (Fsp3) is 0.917. The lowest BCUT2D eigenvalue weighted by atomic mass is 9.93. The highest BCUT2D eigenvalue weighted by atomic mass is 16.5. The Balaban J connectivity index is 2.05. The van der Waals surface area contributed by atoms with Crippen LogP contribution in [0.4, 0.5) is 0 Å². The lowest BCUT2D eigenvalue weighted by Crippen LogP contribution is -2.37.